The molecule has 1 saturated heterocycles. The third-order valence-corrected chi connectivity index (χ3v) is 5.01. The zero-order valence-corrected chi connectivity index (χ0v) is 17.0. The van der Waals surface area contributed by atoms with Crippen LogP contribution in [0.5, 0.6) is 0 Å². The third-order valence-electron chi connectivity index (χ3n) is 5.01. The van der Waals surface area contributed by atoms with Crippen molar-refractivity contribution in [1.82, 2.24) is 20.2 Å². The Labute approximate surface area is 167 Å². The monoisotopic (exact) mass is 382 g/mol. The van der Waals surface area contributed by atoms with E-state index in [1.54, 1.807) is 12.3 Å². The van der Waals surface area contributed by atoms with E-state index >= 15 is 0 Å². The minimum atomic E-state index is -0.193. The Balaban J connectivity index is 1.58. The van der Waals surface area contributed by atoms with Crippen molar-refractivity contribution in [3.8, 4) is 0 Å². The van der Waals surface area contributed by atoms with Gasteiger partial charge in [-0.1, -0.05) is 6.92 Å². The van der Waals surface area contributed by atoms with Crippen LogP contribution >= 0.6 is 0 Å². The Bertz CT molecular complexity index is 769. The van der Waals surface area contributed by atoms with Gasteiger partial charge in [0.25, 0.3) is 5.91 Å². The molecule has 28 heavy (non-hydrogen) atoms. The van der Waals surface area contributed by atoms with Crippen LogP contribution in [0.3, 0.4) is 0 Å². The number of carbonyl (C=O) groups excluding carboxylic acids is 1. The van der Waals surface area contributed by atoms with Crippen molar-refractivity contribution in [3.05, 3.63) is 42.2 Å². The molecule has 1 aromatic carbocycles. The van der Waals surface area contributed by atoms with Crippen LogP contribution in [0, 0.1) is 5.92 Å². The van der Waals surface area contributed by atoms with Gasteiger partial charge in [0.05, 0.1) is 0 Å². The molecule has 1 aliphatic heterocycles. The summed E-state index contributed by atoms with van der Waals surface area (Å²) in [5.41, 5.74) is 2.50. The number of nitrogens with one attached hydrogen (secondary N) is 2. The fourth-order valence-corrected chi connectivity index (χ4v) is 3.18. The molecule has 0 unspecified atom stereocenters. The van der Waals surface area contributed by atoms with Crippen molar-refractivity contribution in [2.45, 2.75) is 19.8 Å². The van der Waals surface area contributed by atoms with Crippen LogP contribution in [0.1, 0.15) is 30.3 Å². The summed E-state index contributed by atoms with van der Waals surface area (Å²) in [7, 11) is 3.94. The number of nitrogens with zero attached hydrogens (tertiary/aromatic N) is 4. The van der Waals surface area contributed by atoms with E-state index < -0.39 is 0 Å². The van der Waals surface area contributed by atoms with Crippen LogP contribution in [-0.2, 0) is 0 Å². The van der Waals surface area contributed by atoms with E-state index in [1.807, 2.05) is 31.1 Å². The Morgan fingerprint density at radius 3 is 2.57 bits per heavy atom. The second kappa shape index (κ2) is 9.50. The summed E-state index contributed by atoms with van der Waals surface area (Å²) in [6.45, 7) is 5.91. The topological polar surface area (TPSA) is 73.4 Å². The first-order valence-electron chi connectivity index (χ1n) is 9.89. The molecule has 1 amide bonds. The molecule has 7 nitrogen and oxygen atoms in total. The molecule has 0 saturated carbocycles. The molecule has 1 aromatic heterocycles. The van der Waals surface area contributed by atoms with Gasteiger partial charge in [-0.2, -0.15) is 0 Å². The number of hydrogen-bond acceptors (Lipinski definition) is 6. The lowest BCUT2D eigenvalue weighted by Crippen LogP contribution is -2.32. The first kappa shape index (κ1) is 20.1. The molecule has 0 bridgehead atoms. The summed E-state index contributed by atoms with van der Waals surface area (Å²) in [6, 6.07) is 9.92. The number of hydrogen-bond donors (Lipinski definition) is 2. The van der Waals surface area contributed by atoms with Crippen molar-refractivity contribution in [3.63, 3.8) is 0 Å². The lowest BCUT2D eigenvalue weighted by atomic mass is 9.99. The number of aromatic nitrogens is 2. The van der Waals surface area contributed by atoms with Gasteiger partial charge >= 0.3 is 0 Å². The Hall–Kier alpha value is -2.67. The average Bonchev–Trinajstić information content (AvgIpc) is 2.69. The van der Waals surface area contributed by atoms with E-state index in [9.17, 15) is 4.79 Å². The normalized spacial score (nSPS) is 14.9. The number of benzene rings is 1. The molecule has 7 heteroatoms. The summed E-state index contributed by atoms with van der Waals surface area (Å²) in [4.78, 5) is 25.2. The summed E-state index contributed by atoms with van der Waals surface area (Å²) >= 11 is 0. The van der Waals surface area contributed by atoms with Gasteiger partial charge in [-0.25, -0.2) is 9.97 Å². The van der Waals surface area contributed by atoms with Gasteiger partial charge in [0, 0.05) is 43.8 Å². The maximum Gasteiger partial charge on any atom is 0.270 e. The van der Waals surface area contributed by atoms with Crippen molar-refractivity contribution >= 4 is 23.2 Å². The molecule has 150 valence electrons. The van der Waals surface area contributed by atoms with Gasteiger partial charge in [-0.15, -0.1) is 0 Å². The van der Waals surface area contributed by atoms with Gasteiger partial charge in [0.2, 0.25) is 5.95 Å². The van der Waals surface area contributed by atoms with Gasteiger partial charge in [0.15, 0.2) is 0 Å². The standard InChI is InChI=1S/C21H30N6O/c1-16-9-13-27(14-10-16)18-6-4-17(5-7-18)24-21-23-11-8-19(25-21)20(28)22-12-15-26(2)3/h4-8,11,16H,9-10,12-15H2,1-3H3,(H,22,28)(H,23,24,25). The summed E-state index contributed by atoms with van der Waals surface area (Å²) in [5, 5.41) is 6.05. The summed E-state index contributed by atoms with van der Waals surface area (Å²) in [5.74, 6) is 1.04. The Morgan fingerprint density at radius 1 is 1.18 bits per heavy atom. The van der Waals surface area contributed by atoms with Crippen molar-refractivity contribution < 1.29 is 4.79 Å². The minimum Gasteiger partial charge on any atom is -0.372 e. The van der Waals surface area contributed by atoms with Gasteiger partial charge in [0.1, 0.15) is 5.69 Å². The lowest BCUT2D eigenvalue weighted by Gasteiger charge is -2.32. The van der Waals surface area contributed by atoms with Crippen molar-refractivity contribution in [2.24, 2.45) is 5.92 Å². The first-order chi connectivity index (χ1) is 13.5. The van der Waals surface area contributed by atoms with Gasteiger partial charge < -0.3 is 20.4 Å². The maximum absolute atomic E-state index is 12.2. The zero-order chi connectivity index (χ0) is 19.9. The first-order valence-corrected chi connectivity index (χ1v) is 9.89. The molecule has 1 aliphatic rings. The Kier molecular flexibility index (Phi) is 6.81. The number of amides is 1. The van der Waals surface area contributed by atoms with Crippen LogP contribution in [0.25, 0.3) is 0 Å². The zero-order valence-electron chi connectivity index (χ0n) is 17.0. The van der Waals surface area contributed by atoms with Crippen LogP contribution in [0.4, 0.5) is 17.3 Å². The molecule has 2 N–H and O–H groups in total. The van der Waals surface area contributed by atoms with Crippen LogP contribution in [-0.4, -0.2) is 61.0 Å². The van der Waals surface area contributed by atoms with Crippen LogP contribution in [0.2, 0.25) is 0 Å². The smallest absolute Gasteiger partial charge is 0.270 e. The predicted molar refractivity (Wildman–Crippen MR) is 113 cm³/mol. The quantitative estimate of drug-likeness (QED) is 0.767. The third kappa shape index (κ3) is 5.66. The molecule has 2 heterocycles. The van der Waals surface area contributed by atoms with Crippen LogP contribution in [0.15, 0.2) is 36.5 Å². The number of piperidine rings is 1. The molecule has 3 rings (SSSR count). The molecule has 0 radical (unpaired) electrons. The summed E-state index contributed by atoms with van der Waals surface area (Å²) in [6.07, 6.45) is 4.09. The molecule has 0 aliphatic carbocycles. The molecular weight excluding hydrogens is 352 g/mol. The second-order valence-corrected chi connectivity index (χ2v) is 7.67. The maximum atomic E-state index is 12.2. The number of carbonyl (C=O) groups is 1. The summed E-state index contributed by atoms with van der Waals surface area (Å²) < 4.78 is 0. The van der Waals surface area contributed by atoms with E-state index in [1.165, 1.54) is 18.5 Å². The Morgan fingerprint density at radius 2 is 1.89 bits per heavy atom. The van der Waals surface area contributed by atoms with E-state index in [2.05, 4.69) is 44.6 Å². The molecule has 1 fully saturated rings. The van der Waals surface area contributed by atoms with E-state index in [0.717, 1.165) is 31.2 Å². The molecule has 0 spiro atoms. The number of rotatable bonds is 7. The van der Waals surface area contributed by atoms with E-state index in [-0.39, 0.29) is 5.91 Å². The predicted octanol–water partition coefficient (Wildman–Crippen LogP) is 2.75. The SMILES string of the molecule is CC1CCN(c2ccc(Nc3nccc(C(=O)NCCN(C)C)n3)cc2)CC1. The fraction of sp³-hybridized carbons (Fsp3) is 0.476. The van der Waals surface area contributed by atoms with Gasteiger partial charge in [-0.05, 0) is 63.2 Å². The molecule has 2 aromatic rings. The highest BCUT2D eigenvalue weighted by molar-refractivity contribution is 5.92. The number of likely N-dealkylation sites (N-methyl/N-ethyl adjacent to an activating group) is 1. The fourth-order valence-electron chi connectivity index (χ4n) is 3.18. The van der Waals surface area contributed by atoms with Crippen molar-refractivity contribution in [1.29, 1.82) is 0 Å². The lowest BCUT2D eigenvalue weighted by molar-refractivity contribution is 0.0946. The minimum absolute atomic E-state index is 0.193. The highest BCUT2D eigenvalue weighted by Crippen LogP contribution is 2.24. The van der Waals surface area contributed by atoms with Crippen molar-refractivity contribution in [2.75, 3.05) is 50.5 Å². The molecular formula is C21H30N6O. The highest BCUT2D eigenvalue weighted by Gasteiger charge is 2.16. The largest absolute Gasteiger partial charge is 0.372 e. The average molecular weight is 383 g/mol. The second-order valence-electron chi connectivity index (χ2n) is 7.67. The van der Waals surface area contributed by atoms with Crippen LogP contribution < -0.4 is 15.5 Å². The molecule has 0 atom stereocenters. The van der Waals surface area contributed by atoms with E-state index in [4.69, 9.17) is 0 Å². The van der Waals surface area contributed by atoms with E-state index in [0.29, 0.717) is 18.2 Å². The number of anilines is 3. The van der Waals surface area contributed by atoms with Gasteiger partial charge in [-0.3, -0.25) is 4.79 Å². The highest BCUT2D eigenvalue weighted by atomic mass is 16.1.